The molecule has 0 bridgehead atoms. The molecule has 0 aromatic heterocycles. The number of likely N-dealkylation sites (N-methyl/N-ethyl adjacent to an activating group) is 1. The zero-order valence-corrected chi connectivity index (χ0v) is 18.0. The van der Waals surface area contributed by atoms with Crippen molar-refractivity contribution in [2.75, 3.05) is 18.5 Å². The average molecular weight is 403 g/mol. The van der Waals surface area contributed by atoms with Crippen molar-refractivity contribution < 1.29 is 0 Å². The molecular formula is C24H26N4S. The predicted octanol–water partition coefficient (Wildman–Crippen LogP) is 5.49. The second kappa shape index (κ2) is 10.5. The van der Waals surface area contributed by atoms with Crippen molar-refractivity contribution in [2.24, 2.45) is 4.99 Å². The molecule has 1 aliphatic heterocycles. The van der Waals surface area contributed by atoms with Gasteiger partial charge in [-0.3, -0.25) is 4.99 Å². The molecule has 0 N–H and O–H groups in total. The summed E-state index contributed by atoms with van der Waals surface area (Å²) in [5.74, 6) is 0. The summed E-state index contributed by atoms with van der Waals surface area (Å²) in [6, 6.07) is 10.8. The lowest BCUT2D eigenvalue weighted by molar-refractivity contribution is 0.640. The molecule has 1 aromatic rings. The minimum absolute atomic E-state index is 0.00212. The molecule has 2 aliphatic rings. The first-order valence-electron chi connectivity index (χ1n) is 9.52. The molecular weight excluding hydrogens is 376 g/mol. The van der Waals surface area contributed by atoms with E-state index in [0.717, 1.165) is 17.7 Å². The number of para-hydroxylation sites is 1. The van der Waals surface area contributed by atoms with E-state index in [9.17, 15) is 0 Å². The van der Waals surface area contributed by atoms with E-state index in [1.807, 2.05) is 12.2 Å². The molecule has 0 amide bonds. The molecule has 4 nitrogen and oxygen atoms in total. The number of anilines is 1. The van der Waals surface area contributed by atoms with Gasteiger partial charge in [0.25, 0.3) is 0 Å². The van der Waals surface area contributed by atoms with Gasteiger partial charge in [-0.1, -0.05) is 62.9 Å². The van der Waals surface area contributed by atoms with Crippen LogP contribution in [-0.4, -0.2) is 19.3 Å². The quantitative estimate of drug-likeness (QED) is 0.411. The van der Waals surface area contributed by atoms with E-state index in [1.54, 1.807) is 0 Å². The molecule has 148 valence electrons. The maximum absolute atomic E-state index is 8.56. The van der Waals surface area contributed by atoms with Crippen LogP contribution < -0.4 is 4.90 Å². The van der Waals surface area contributed by atoms with Crippen LogP contribution in [0.25, 0.3) is 0 Å². The van der Waals surface area contributed by atoms with Crippen molar-refractivity contribution in [1.29, 1.82) is 10.5 Å². The second-order valence-corrected chi connectivity index (χ2v) is 7.45. The Balaban J connectivity index is 0.000000941. The number of nitrogens with zero attached hydrogens (tertiary/aromatic N) is 4. The second-order valence-electron chi connectivity index (χ2n) is 7.25. The van der Waals surface area contributed by atoms with Gasteiger partial charge in [-0.25, -0.2) is 0 Å². The molecule has 0 saturated heterocycles. The number of thiol groups is 1. The maximum atomic E-state index is 8.56. The van der Waals surface area contributed by atoms with E-state index in [2.05, 4.69) is 98.1 Å². The Labute approximate surface area is 179 Å². The largest absolute Gasteiger partial charge is 0.347 e. The van der Waals surface area contributed by atoms with Crippen molar-refractivity contribution >= 4 is 24.0 Å². The van der Waals surface area contributed by atoms with E-state index < -0.39 is 0 Å². The van der Waals surface area contributed by atoms with E-state index in [0.29, 0.717) is 13.0 Å². The third-order valence-corrected chi connectivity index (χ3v) is 5.01. The SMILES string of the molecule is CN1C(=CC=C2C=CC(=NCCCC#N)C=C2)C(C)(C)c2ccccc21.N#CS. The molecule has 0 saturated carbocycles. The van der Waals surface area contributed by atoms with E-state index >= 15 is 0 Å². The number of allylic oxidation sites excluding steroid dienone is 8. The number of hydrogen-bond acceptors (Lipinski definition) is 5. The van der Waals surface area contributed by atoms with Gasteiger partial charge in [0.2, 0.25) is 0 Å². The minimum atomic E-state index is -0.00212. The highest BCUT2D eigenvalue weighted by molar-refractivity contribution is 7.85. The van der Waals surface area contributed by atoms with Gasteiger partial charge in [-0.05, 0) is 41.9 Å². The van der Waals surface area contributed by atoms with Gasteiger partial charge in [-0.2, -0.15) is 10.5 Å². The summed E-state index contributed by atoms with van der Waals surface area (Å²) in [6.07, 6.45) is 14.0. The number of unbranched alkanes of at least 4 members (excludes halogenated alkanes) is 1. The first-order valence-corrected chi connectivity index (χ1v) is 9.97. The lowest BCUT2D eigenvalue weighted by atomic mass is 9.83. The molecule has 0 spiro atoms. The summed E-state index contributed by atoms with van der Waals surface area (Å²) >= 11 is 3.09. The Morgan fingerprint density at radius 3 is 2.38 bits per heavy atom. The number of hydrogen-bond donors (Lipinski definition) is 1. The molecule has 0 atom stereocenters. The summed E-state index contributed by atoms with van der Waals surface area (Å²) in [4.78, 5) is 6.78. The Morgan fingerprint density at radius 1 is 1.10 bits per heavy atom. The number of rotatable bonds is 4. The highest BCUT2D eigenvalue weighted by atomic mass is 32.1. The van der Waals surface area contributed by atoms with Crippen molar-refractivity contribution in [3.63, 3.8) is 0 Å². The zero-order valence-electron chi connectivity index (χ0n) is 17.1. The van der Waals surface area contributed by atoms with Crippen LogP contribution in [0.3, 0.4) is 0 Å². The third kappa shape index (κ3) is 5.50. The van der Waals surface area contributed by atoms with Crippen LogP contribution in [0.2, 0.25) is 0 Å². The normalized spacial score (nSPS) is 17.2. The molecule has 1 aliphatic carbocycles. The standard InChI is InChI=1S/C23H25N3.CHNS/c1-23(2)20-8-4-5-9-21(20)26(3)22(23)15-12-18-10-13-19(14-11-18)25-17-7-6-16-24;2-1-3/h4-5,8-15H,6-7,17H2,1-3H3;3H. The Morgan fingerprint density at radius 2 is 1.76 bits per heavy atom. The molecule has 0 radical (unpaired) electrons. The topological polar surface area (TPSA) is 63.2 Å². The number of fused-ring (bicyclic) bond motifs is 1. The van der Waals surface area contributed by atoms with Crippen LogP contribution in [0.1, 0.15) is 32.3 Å². The number of thiocyanates is 1. The Kier molecular flexibility index (Phi) is 8.07. The molecule has 0 fully saturated rings. The lowest BCUT2D eigenvalue weighted by Gasteiger charge is -2.23. The summed E-state index contributed by atoms with van der Waals surface area (Å²) in [6.45, 7) is 5.26. The van der Waals surface area contributed by atoms with Gasteiger partial charge in [0.15, 0.2) is 0 Å². The van der Waals surface area contributed by atoms with Crippen LogP contribution >= 0.6 is 12.6 Å². The highest BCUT2D eigenvalue weighted by Gasteiger charge is 2.37. The first kappa shape index (κ1) is 22.3. The van der Waals surface area contributed by atoms with Gasteiger partial charge in [0.1, 0.15) is 5.40 Å². The van der Waals surface area contributed by atoms with E-state index in [-0.39, 0.29) is 5.41 Å². The monoisotopic (exact) mass is 402 g/mol. The molecule has 1 aromatic carbocycles. The predicted molar refractivity (Wildman–Crippen MR) is 124 cm³/mol. The van der Waals surface area contributed by atoms with E-state index in [1.165, 1.54) is 22.3 Å². The minimum Gasteiger partial charge on any atom is -0.347 e. The Bertz CT molecular complexity index is 947. The van der Waals surface area contributed by atoms with Gasteiger partial charge >= 0.3 is 0 Å². The van der Waals surface area contributed by atoms with Gasteiger partial charge in [0, 0.05) is 36.8 Å². The van der Waals surface area contributed by atoms with Crippen molar-refractivity contribution in [1.82, 2.24) is 0 Å². The molecule has 1 heterocycles. The van der Waals surface area contributed by atoms with Gasteiger partial charge in [-0.15, -0.1) is 0 Å². The fourth-order valence-corrected chi connectivity index (χ4v) is 3.53. The van der Waals surface area contributed by atoms with Crippen LogP contribution in [0.5, 0.6) is 0 Å². The van der Waals surface area contributed by atoms with Crippen LogP contribution in [-0.2, 0) is 5.41 Å². The number of benzene rings is 1. The molecule has 29 heavy (non-hydrogen) atoms. The molecule has 0 unspecified atom stereocenters. The van der Waals surface area contributed by atoms with Crippen molar-refractivity contribution in [3.8, 4) is 11.5 Å². The fourth-order valence-electron chi connectivity index (χ4n) is 3.53. The zero-order chi connectivity index (χ0) is 21.3. The highest BCUT2D eigenvalue weighted by Crippen LogP contribution is 2.46. The first-order chi connectivity index (χ1) is 14.0. The number of nitriles is 2. The van der Waals surface area contributed by atoms with Gasteiger partial charge in [0.05, 0.1) is 11.8 Å². The third-order valence-electron chi connectivity index (χ3n) is 5.01. The van der Waals surface area contributed by atoms with Crippen molar-refractivity contribution in [3.05, 3.63) is 77.6 Å². The summed E-state index contributed by atoms with van der Waals surface area (Å²) in [5, 5.41) is 17.2. The maximum Gasteiger partial charge on any atom is 0.130 e. The number of aliphatic imine (C=N–C) groups is 1. The van der Waals surface area contributed by atoms with Crippen LogP contribution in [0.15, 0.2) is 77.0 Å². The fraction of sp³-hybridized carbons (Fsp3) is 0.292. The van der Waals surface area contributed by atoms with Crippen molar-refractivity contribution in [2.45, 2.75) is 32.1 Å². The molecule has 5 heteroatoms. The molecule has 3 rings (SSSR count). The van der Waals surface area contributed by atoms with Crippen LogP contribution in [0, 0.1) is 22.0 Å². The van der Waals surface area contributed by atoms with E-state index in [4.69, 9.17) is 10.5 Å². The summed E-state index contributed by atoms with van der Waals surface area (Å²) < 4.78 is 0. The van der Waals surface area contributed by atoms with Gasteiger partial charge < -0.3 is 4.90 Å². The summed E-state index contributed by atoms with van der Waals surface area (Å²) in [7, 11) is 2.14. The smallest absolute Gasteiger partial charge is 0.130 e. The Hall–Kier alpha value is -3.02. The average Bonchev–Trinajstić information content (AvgIpc) is 2.91. The van der Waals surface area contributed by atoms with Crippen LogP contribution in [0.4, 0.5) is 5.69 Å². The summed E-state index contributed by atoms with van der Waals surface area (Å²) in [5.41, 5.74) is 6.08. The lowest BCUT2D eigenvalue weighted by Crippen LogP contribution is -2.22.